The summed E-state index contributed by atoms with van der Waals surface area (Å²) in [6, 6.07) is 0. The van der Waals surface area contributed by atoms with Crippen molar-refractivity contribution in [3.05, 3.63) is 0 Å². The van der Waals surface area contributed by atoms with Gasteiger partial charge in [-0.05, 0) is 0 Å². The Morgan fingerprint density at radius 1 is 1.67 bits per heavy atom. The molecule has 0 amide bonds. The van der Waals surface area contributed by atoms with Gasteiger partial charge >= 0.3 is 45.4 Å². The monoisotopic (exact) mass is 224 g/mol. The Hall–Kier alpha value is 0.959. The quantitative estimate of drug-likeness (QED) is 0.549. The predicted molar refractivity (Wildman–Crippen MR) is 27.8 cm³/mol. The van der Waals surface area contributed by atoms with Gasteiger partial charge in [-0.25, -0.2) is 0 Å². The van der Waals surface area contributed by atoms with Crippen LogP contribution in [0.4, 0.5) is 0 Å². The molecule has 0 aliphatic carbocycles. The second kappa shape index (κ2) is 2.31. The molecule has 6 heavy (non-hydrogen) atoms. The van der Waals surface area contributed by atoms with E-state index in [1.165, 1.54) is 0 Å². The van der Waals surface area contributed by atoms with Gasteiger partial charge in [0, 0.05) is 0 Å². The summed E-state index contributed by atoms with van der Waals surface area (Å²) < 4.78 is 17.0. The van der Waals surface area contributed by atoms with Gasteiger partial charge in [-0.2, -0.15) is 0 Å². The van der Waals surface area contributed by atoms with Gasteiger partial charge in [0.05, 0.1) is 0 Å². The Labute approximate surface area is 45.7 Å². The third kappa shape index (κ3) is 4.96. The van der Waals surface area contributed by atoms with Crippen LogP contribution in [0.25, 0.3) is 0 Å². The van der Waals surface area contributed by atoms with Crippen molar-refractivity contribution in [2.45, 2.75) is 12.2 Å². The van der Waals surface area contributed by atoms with Gasteiger partial charge in [0.15, 0.2) is 0 Å². The molecule has 4 heteroatoms. The van der Waals surface area contributed by atoms with E-state index >= 15 is 0 Å². The second-order valence-electron chi connectivity index (χ2n) is 0.981. The average Bonchev–Trinajstić information content (AvgIpc) is 1.35. The van der Waals surface area contributed by atoms with Crippen LogP contribution in [0, 0.1) is 0 Å². The van der Waals surface area contributed by atoms with E-state index in [1.807, 2.05) is 0 Å². The summed E-state index contributed by atoms with van der Waals surface area (Å²) in [7, 11) is 0. The summed E-state index contributed by atoms with van der Waals surface area (Å²) >= 11 is -0.686. The average molecular weight is 222 g/mol. The standard InChI is InChI=1S/C2H8O2Se2/c1-2-6(3,4)5/h6H,2H2,1H3,(H2,3,4,5). The van der Waals surface area contributed by atoms with Gasteiger partial charge in [-0.1, -0.05) is 0 Å². The van der Waals surface area contributed by atoms with Crippen LogP contribution in [0.5, 0.6) is 0 Å². The molecule has 0 rings (SSSR count). The Balaban J connectivity index is 3.48. The van der Waals surface area contributed by atoms with Crippen molar-refractivity contribution < 1.29 is 8.38 Å². The fraction of sp³-hybridized carbons (Fsp3) is 1.00. The van der Waals surface area contributed by atoms with Gasteiger partial charge in [0.25, 0.3) is 0 Å². The van der Waals surface area contributed by atoms with Crippen molar-refractivity contribution in [2.75, 3.05) is 0 Å². The van der Waals surface area contributed by atoms with Gasteiger partial charge in [-0.3, -0.25) is 0 Å². The molecular weight excluding hydrogens is 214 g/mol. The first-order valence-corrected chi connectivity index (χ1v) is 9.36. The van der Waals surface area contributed by atoms with E-state index in [2.05, 4.69) is 13.7 Å². The molecule has 0 aliphatic heterocycles. The summed E-state index contributed by atoms with van der Waals surface area (Å²) in [5.41, 5.74) is 0. The van der Waals surface area contributed by atoms with E-state index in [1.54, 1.807) is 6.92 Å². The van der Waals surface area contributed by atoms with Crippen molar-refractivity contribution >= 4 is 24.8 Å². The molecule has 0 saturated heterocycles. The molecule has 0 aromatic heterocycles. The van der Waals surface area contributed by atoms with Crippen LogP contribution in [0.3, 0.4) is 0 Å². The third-order valence-electron chi connectivity index (χ3n) is 0.412. The van der Waals surface area contributed by atoms with Crippen molar-refractivity contribution in [3.63, 3.8) is 0 Å². The van der Waals surface area contributed by atoms with Crippen molar-refractivity contribution in [2.24, 2.45) is 0 Å². The van der Waals surface area contributed by atoms with E-state index in [4.69, 9.17) is 8.38 Å². The van der Waals surface area contributed by atoms with Crippen LogP contribution >= 0.6 is 0 Å². The number of hydrogen-bond acceptors (Lipinski definition) is 2. The molecule has 0 unspecified atom stereocenters. The molecule has 0 aromatic rings. The maximum absolute atomic E-state index is 8.50. The summed E-state index contributed by atoms with van der Waals surface area (Å²) in [5, 5.41) is 0.498. The summed E-state index contributed by atoms with van der Waals surface area (Å²) in [6.07, 6.45) is 0. The summed E-state index contributed by atoms with van der Waals surface area (Å²) in [6.45, 7) is 1.75. The normalized spacial score (nSPS) is 14.5. The van der Waals surface area contributed by atoms with E-state index in [0.29, 0.717) is 5.32 Å². The van der Waals surface area contributed by atoms with Gasteiger partial charge < -0.3 is 0 Å². The molecule has 0 radical (unpaired) electrons. The van der Waals surface area contributed by atoms with Gasteiger partial charge in [-0.15, -0.1) is 0 Å². The fourth-order valence-electron chi connectivity index (χ4n) is 0. The summed E-state index contributed by atoms with van der Waals surface area (Å²) in [4.78, 5) is 0. The zero-order chi connectivity index (χ0) is 5.21. The Kier molecular flexibility index (Phi) is 2.68. The first-order chi connectivity index (χ1) is 2.56. The van der Waals surface area contributed by atoms with Crippen LogP contribution in [0.2, 0.25) is 5.32 Å². The van der Waals surface area contributed by atoms with Gasteiger partial charge in [0.1, 0.15) is 0 Å². The molecule has 0 spiro atoms. The molecule has 0 aliphatic rings. The Morgan fingerprint density at radius 2 is 1.83 bits per heavy atom. The third-order valence-corrected chi connectivity index (χ3v) is 4.96. The fourth-order valence-corrected chi connectivity index (χ4v) is 0. The van der Waals surface area contributed by atoms with Crippen LogP contribution in [0.1, 0.15) is 6.92 Å². The maximum atomic E-state index is 8.50. The second-order valence-corrected chi connectivity index (χ2v) is 11.5. The molecule has 2 nitrogen and oxygen atoms in total. The molecular formula is C2H8O2Se2. The molecule has 0 aromatic carbocycles. The Morgan fingerprint density at radius 3 is 1.83 bits per heavy atom. The molecule has 2 N–H and O–H groups in total. The van der Waals surface area contributed by atoms with Crippen LogP contribution < -0.4 is 0 Å². The van der Waals surface area contributed by atoms with E-state index < -0.39 is 11.1 Å². The van der Waals surface area contributed by atoms with Crippen molar-refractivity contribution in [3.8, 4) is 0 Å². The van der Waals surface area contributed by atoms with Gasteiger partial charge in [0.2, 0.25) is 0 Å². The predicted octanol–water partition coefficient (Wildman–Crippen LogP) is -1.17. The minimum absolute atomic E-state index is 0.498. The van der Waals surface area contributed by atoms with Crippen LogP contribution in [-0.2, 0) is 0 Å². The molecule has 0 saturated carbocycles. The minimum atomic E-state index is -3.03. The number of hydrogen-bond donors (Lipinski definition) is 2. The summed E-state index contributed by atoms with van der Waals surface area (Å²) in [5.74, 6) is 0. The zero-order valence-electron chi connectivity index (χ0n) is 3.46. The van der Waals surface area contributed by atoms with Crippen LogP contribution in [-0.4, -0.2) is 33.2 Å². The van der Waals surface area contributed by atoms with E-state index in [0.717, 1.165) is 0 Å². The van der Waals surface area contributed by atoms with Crippen LogP contribution in [0.15, 0.2) is 0 Å². The molecule has 0 atom stereocenters. The first-order valence-electron chi connectivity index (χ1n) is 1.61. The number of rotatable bonds is 1. The molecule has 0 bridgehead atoms. The zero-order valence-corrected chi connectivity index (χ0v) is 7.05. The Bertz CT molecular complexity index is 73.6. The SMILES string of the molecule is CC[SeH](O)(O)=[Se]. The topological polar surface area (TPSA) is 40.5 Å². The van der Waals surface area contributed by atoms with E-state index in [-0.39, 0.29) is 0 Å². The van der Waals surface area contributed by atoms with Crippen molar-refractivity contribution in [1.29, 1.82) is 0 Å². The first kappa shape index (κ1) is 6.96. The molecule has 0 heterocycles. The van der Waals surface area contributed by atoms with E-state index in [9.17, 15) is 0 Å². The molecule has 40 valence electrons. The molecule has 0 fully saturated rings. The van der Waals surface area contributed by atoms with Crippen molar-refractivity contribution in [1.82, 2.24) is 0 Å².